The molecule has 2 aliphatic rings. The van der Waals surface area contributed by atoms with Crippen molar-refractivity contribution in [2.24, 2.45) is 5.92 Å². The minimum Gasteiger partial charge on any atom is -0.355 e. The van der Waals surface area contributed by atoms with Gasteiger partial charge in [-0.25, -0.2) is 9.97 Å². The van der Waals surface area contributed by atoms with Crippen molar-refractivity contribution in [1.29, 1.82) is 0 Å². The third-order valence-electron chi connectivity index (χ3n) is 5.80. The summed E-state index contributed by atoms with van der Waals surface area (Å²) in [6.07, 6.45) is 6.48. The Labute approximate surface area is 157 Å². The quantitative estimate of drug-likeness (QED) is 0.874. The molecule has 6 heteroatoms. The number of nitrogens with one attached hydrogen (secondary N) is 1. The van der Waals surface area contributed by atoms with Crippen LogP contribution < -0.4 is 10.2 Å². The topological polar surface area (TPSA) is 61.4 Å². The highest BCUT2D eigenvalue weighted by Gasteiger charge is 2.24. The molecular weight excluding hydrogens is 326 g/mol. The standard InChI is InChI=1S/C20H33N5O/c1-15-12-16(2)23-20(22-15)25-10-7-17(8-11-25)13-19(26)21-14-18-6-4-5-9-24(18)3/h12,17-18H,4-11,13-14H2,1-3H3,(H,21,26). The van der Waals surface area contributed by atoms with Gasteiger partial charge in [0.05, 0.1) is 0 Å². The molecule has 144 valence electrons. The number of aromatic nitrogens is 2. The maximum absolute atomic E-state index is 12.3. The summed E-state index contributed by atoms with van der Waals surface area (Å²) in [5.74, 6) is 1.53. The Morgan fingerprint density at radius 2 is 1.81 bits per heavy atom. The lowest BCUT2D eigenvalue weighted by Gasteiger charge is -2.33. The summed E-state index contributed by atoms with van der Waals surface area (Å²) in [4.78, 5) is 26.1. The van der Waals surface area contributed by atoms with Gasteiger partial charge in [-0.1, -0.05) is 6.42 Å². The molecule has 2 fully saturated rings. The summed E-state index contributed by atoms with van der Waals surface area (Å²) in [6, 6.07) is 2.51. The van der Waals surface area contributed by atoms with Crippen LogP contribution >= 0.6 is 0 Å². The highest BCUT2D eigenvalue weighted by molar-refractivity contribution is 5.76. The fourth-order valence-electron chi connectivity index (χ4n) is 4.15. The van der Waals surface area contributed by atoms with E-state index in [-0.39, 0.29) is 5.91 Å². The van der Waals surface area contributed by atoms with Crippen molar-refractivity contribution in [1.82, 2.24) is 20.2 Å². The Bertz CT molecular complexity index is 592. The summed E-state index contributed by atoms with van der Waals surface area (Å²) in [5, 5.41) is 3.17. The SMILES string of the molecule is Cc1cc(C)nc(N2CCC(CC(=O)NCC3CCCCN3C)CC2)n1. The van der Waals surface area contributed by atoms with E-state index in [9.17, 15) is 4.79 Å². The second kappa shape index (κ2) is 8.80. The van der Waals surface area contributed by atoms with Crippen molar-refractivity contribution in [3.05, 3.63) is 17.5 Å². The molecule has 0 saturated carbocycles. The second-order valence-electron chi connectivity index (χ2n) is 8.02. The molecule has 1 N–H and O–H groups in total. The van der Waals surface area contributed by atoms with Crippen molar-refractivity contribution < 1.29 is 4.79 Å². The number of carbonyl (C=O) groups excluding carboxylic acids is 1. The Morgan fingerprint density at radius 1 is 1.12 bits per heavy atom. The lowest BCUT2D eigenvalue weighted by Crippen LogP contribution is -2.45. The van der Waals surface area contributed by atoms with Gasteiger partial charge in [-0.2, -0.15) is 0 Å². The molecule has 6 nitrogen and oxygen atoms in total. The summed E-state index contributed by atoms with van der Waals surface area (Å²) in [5.41, 5.74) is 2.03. The van der Waals surface area contributed by atoms with Crippen molar-refractivity contribution in [2.75, 3.05) is 38.1 Å². The van der Waals surface area contributed by atoms with Crippen molar-refractivity contribution >= 4 is 11.9 Å². The third kappa shape index (κ3) is 5.16. The van der Waals surface area contributed by atoms with E-state index in [1.807, 2.05) is 19.9 Å². The number of amides is 1. The number of nitrogens with zero attached hydrogens (tertiary/aromatic N) is 4. The molecule has 1 unspecified atom stereocenters. The number of piperidine rings is 2. The molecule has 2 saturated heterocycles. The molecular formula is C20H33N5O. The first-order valence-corrected chi connectivity index (χ1v) is 10.1. The maximum atomic E-state index is 12.3. The van der Waals surface area contributed by atoms with E-state index in [0.29, 0.717) is 18.4 Å². The number of aryl methyl sites for hydroxylation is 2. The van der Waals surface area contributed by atoms with E-state index in [2.05, 4.69) is 32.1 Å². The van der Waals surface area contributed by atoms with Gasteiger partial charge in [0.2, 0.25) is 11.9 Å². The zero-order valence-electron chi connectivity index (χ0n) is 16.5. The average Bonchev–Trinajstić information content (AvgIpc) is 2.61. The van der Waals surface area contributed by atoms with Gasteiger partial charge < -0.3 is 15.1 Å². The third-order valence-corrected chi connectivity index (χ3v) is 5.80. The smallest absolute Gasteiger partial charge is 0.225 e. The van der Waals surface area contributed by atoms with E-state index in [4.69, 9.17) is 0 Å². The van der Waals surface area contributed by atoms with Gasteiger partial charge in [-0.3, -0.25) is 4.79 Å². The van der Waals surface area contributed by atoms with Crippen molar-refractivity contribution in [3.8, 4) is 0 Å². The fourth-order valence-corrected chi connectivity index (χ4v) is 4.15. The molecule has 1 atom stereocenters. The van der Waals surface area contributed by atoms with E-state index in [0.717, 1.165) is 56.4 Å². The van der Waals surface area contributed by atoms with Crippen molar-refractivity contribution in [2.45, 2.75) is 58.4 Å². The van der Waals surface area contributed by atoms with Crippen LogP contribution in [0, 0.1) is 19.8 Å². The van der Waals surface area contributed by atoms with Gasteiger partial charge in [-0.15, -0.1) is 0 Å². The first-order valence-electron chi connectivity index (χ1n) is 10.1. The summed E-state index contributed by atoms with van der Waals surface area (Å²) in [6.45, 7) is 7.85. The van der Waals surface area contributed by atoms with Gasteiger partial charge in [0.15, 0.2) is 0 Å². The highest BCUT2D eigenvalue weighted by Crippen LogP contribution is 2.23. The Kier molecular flexibility index (Phi) is 6.46. The van der Waals surface area contributed by atoms with Gasteiger partial charge >= 0.3 is 0 Å². The fraction of sp³-hybridized carbons (Fsp3) is 0.750. The summed E-state index contributed by atoms with van der Waals surface area (Å²) >= 11 is 0. The zero-order valence-corrected chi connectivity index (χ0v) is 16.5. The van der Waals surface area contributed by atoms with Gasteiger partial charge in [0.25, 0.3) is 0 Å². The number of carbonyl (C=O) groups is 1. The molecule has 2 aliphatic heterocycles. The number of likely N-dealkylation sites (tertiary alicyclic amines) is 1. The number of anilines is 1. The minimum atomic E-state index is 0.213. The molecule has 0 aromatic carbocycles. The predicted molar refractivity (Wildman–Crippen MR) is 104 cm³/mol. The van der Waals surface area contributed by atoms with Gasteiger partial charge in [0, 0.05) is 43.5 Å². The molecule has 3 heterocycles. The van der Waals surface area contributed by atoms with Crippen LogP contribution in [-0.2, 0) is 4.79 Å². The van der Waals surface area contributed by atoms with Crippen LogP contribution in [0.4, 0.5) is 5.95 Å². The molecule has 0 radical (unpaired) electrons. The predicted octanol–water partition coefficient (Wildman–Crippen LogP) is 2.30. The maximum Gasteiger partial charge on any atom is 0.225 e. The normalized spacial score (nSPS) is 22.4. The van der Waals surface area contributed by atoms with E-state index < -0.39 is 0 Å². The van der Waals surface area contributed by atoms with Crippen LogP contribution in [-0.4, -0.2) is 60.0 Å². The van der Waals surface area contributed by atoms with Crippen molar-refractivity contribution in [3.63, 3.8) is 0 Å². The Balaban J connectivity index is 1.41. The lowest BCUT2D eigenvalue weighted by atomic mass is 9.93. The molecule has 0 bridgehead atoms. The van der Waals surface area contributed by atoms with E-state index in [1.54, 1.807) is 0 Å². The molecule has 1 aromatic heterocycles. The molecule has 26 heavy (non-hydrogen) atoms. The van der Waals surface area contributed by atoms with Crippen LogP contribution in [0.15, 0.2) is 6.07 Å². The van der Waals surface area contributed by atoms with E-state index >= 15 is 0 Å². The van der Waals surface area contributed by atoms with Crippen LogP contribution in [0.2, 0.25) is 0 Å². The van der Waals surface area contributed by atoms with Crippen LogP contribution in [0.5, 0.6) is 0 Å². The first kappa shape index (κ1) is 19.1. The molecule has 3 rings (SSSR count). The van der Waals surface area contributed by atoms with Crippen LogP contribution in [0.3, 0.4) is 0 Å². The Morgan fingerprint density at radius 3 is 2.46 bits per heavy atom. The Hall–Kier alpha value is -1.69. The van der Waals surface area contributed by atoms with Crippen LogP contribution in [0.1, 0.15) is 49.9 Å². The number of hydrogen-bond acceptors (Lipinski definition) is 5. The van der Waals surface area contributed by atoms with Crippen LogP contribution in [0.25, 0.3) is 0 Å². The average molecular weight is 360 g/mol. The zero-order chi connectivity index (χ0) is 18.5. The molecule has 0 aliphatic carbocycles. The summed E-state index contributed by atoms with van der Waals surface area (Å²) < 4.78 is 0. The first-order chi connectivity index (χ1) is 12.5. The monoisotopic (exact) mass is 359 g/mol. The van der Waals surface area contributed by atoms with E-state index in [1.165, 1.54) is 19.3 Å². The lowest BCUT2D eigenvalue weighted by molar-refractivity contribution is -0.122. The number of rotatable bonds is 5. The second-order valence-corrected chi connectivity index (χ2v) is 8.02. The molecule has 0 spiro atoms. The van der Waals surface area contributed by atoms with Gasteiger partial charge in [0.1, 0.15) is 0 Å². The van der Waals surface area contributed by atoms with Gasteiger partial charge in [-0.05, 0) is 65.1 Å². The minimum absolute atomic E-state index is 0.213. The highest BCUT2D eigenvalue weighted by atomic mass is 16.1. The largest absolute Gasteiger partial charge is 0.355 e. The molecule has 1 aromatic rings. The molecule has 1 amide bonds. The number of hydrogen-bond donors (Lipinski definition) is 1. The summed E-state index contributed by atoms with van der Waals surface area (Å²) in [7, 11) is 2.17. The number of likely N-dealkylation sites (N-methyl/N-ethyl adjacent to an activating group) is 1.